The highest BCUT2D eigenvalue weighted by molar-refractivity contribution is 4.87. The van der Waals surface area contributed by atoms with Crippen molar-refractivity contribution < 1.29 is 0 Å². The minimum absolute atomic E-state index is 0.384. The lowest BCUT2D eigenvalue weighted by molar-refractivity contribution is 0.120. The van der Waals surface area contributed by atoms with E-state index in [9.17, 15) is 0 Å². The largest absolute Gasteiger partial charge is 0.304 e. The Morgan fingerprint density at radius 3 is 2.58 bits per heavy atom. The van der Waals surface area contributed by atoms with Crippen LogP contribution in [0.15, 0.2) is 0 Å². The smallest absolute Gasteiger partial charge is 0.0841 e. The number of nitrogens with zero attached hydrogens (tertiary/aromatic N) is 1. The van der Waals surface area contributed by atoms with Crippen molar-refractivity contribution >= 4 is 0 Å². The van der Waals surface area contributed by atoms with Gasteiger partial charge in [-0.05, 0) is 24.2 Å². The number of hydrogen-bond donors (Lipinski definition) is 1. The first-order valence-electron chi connectivity index (χ1n) is 4.74. The first-order chi connectivity index (χ1) is 5.67. The molecule has 0 heterocycles. The van der Waals surface area contributed by atoms with Crippen molar-refractivity contribution in [1.29, 1.82) is 5.26 Å². The SMILES string of the molecule is CC(C)(CNCC#N)C1CCC1. The lowest BCUT2D eigenvalue weighted by Gasteiger charge is -2.40. The highest BCUT2D eigenvalue weighted by atomic mass is 14.9. The van der Waals surface area contributed by atoms with Crippen molar-refractivity contribution in [3.05, 3.63) is 0 Å². The van der Waals surface area contributed by atoms with Gasteiger partial charge in [0.15, 0.2) is 0 Å². The monoisotopic (exact) mass is 166 g/mol. The van der Waals surface area contributed by atoms with Gasteiger partial charge in [-0.25, -0.2) is 0 Å². The Morgan fingerprint density at radius 2 is 2.17 bits per heavy atom. The van der Waals surface area contributed by atoms with E-state index in [0.29, 0.717) is 12.0 Å². The van der Waals surface area contributed by atoms with Crippen LogP contribution in [0.25, 0.3) is 0 Å². The third-order valence-electron chi connectivity index (χ3n) is 3.00. The highest BCUT2D eigenvalue weighted by Gasteiger charge is 2.33. The molecule has 1 fully saturated rings. The predicted molar refractivity (Wildman–Crippen MR) is 49.6 cm³/mol. The molecule has 0 unspecified atom stereocenters. The number of hydrogen-bond acceptors (Lipinski definition) is 2. The molecule has 0 aliphatic heterocycles. The van der Waals surface area contributed by atoms with Crippen molar-refractivity contribution in [3.8, 4) is 6.07 Å². The summed E-state index contributed by atoms with van der Waals surface area (Å²) in [5.74, 6) is 0.878. The van der Waals surface area contributed by atoms with Crippen LogP contribution in [0.4, 0.5) is 0 Å². The van der Waals surface area contributed by atoms with Gasteiger partial charge in [0.05, 0.1) is 12.6 Å². The van der Waals surface area contributed by atoms with Gasteiger partial charge in [-0.15, -0.1) is 0 Å². The van der Waals surface area contributed by atoms with Crippen LogP contribution in [0.2, 0.25) is 0 Å². The van der Waals surface area contributed by atoms with E-state index in [2.05, 4.69) is 25.2 Å². The third kappa shape index (κ3) is 2.22. The molecule has 0 atom stereocenters. The van der Waals surface area contributed by atoms with E-state index in [1.807, 2.05) is 0 Å². The predicted octanol–water partition coefficient (Wildman–Crippen LogP) is 1.93. The average molecular weight is 166 g/mol. The summed E-state index contributed by atoms with van der Waals surface area (Å²) in [5.41, 5.74) is 0.384. The fraction of sp³-hybridized carbons (Fsp3) is 0.900. The quantitative estimate of drug-likeness (QED) is 0.511. The molecule has 2 heteroatoms. The summed E-state index contributed by atoms with van der Waals surface area (Å²) in [6.07, 6.45) is 4.15. The van der Waals surface area contributed by atoms with Gasteiger partial charge in [0.1, 0.15) is 0 Å². The van der Waals surface area contributed by atoms with Gasteiger partial charge in [0, 0.05) is 6.54 Å². The number of rotatable bonds is 4. The molecule has 0 saturated heterocycles. The molecule has 0 aromatic rings. The van der Waals surface area contributed by atoms with Gasteiger partial charge in [-0.1, -0.05) is 20.3 Å². The zero-order valence-corrected chi connectivity index (χ0v) is 8.06. The number of nitriles is 1. The second-order valence-electron chi connectivity index (χ2n) is 4.38. The third-order valence-corrected chi connectivity index (χ3v) is 3.00. The summed E-state index contributed by atoms with van der Waals surface area (Å²) in [5, 5.41) is 11.5. The Morgan fingerprint density at radius 1 is 1.50 bits per heavy atom. The van der Waals surface area contributed by atoms with Gasteiger partial charge in [-0.2, -0.15) is 5.26 Å². The molecule has 0 amide bonds. The van der Waals surface area contributed by atoms with Gasteiger partial charge < -0.3 is 5.32 Å². The second-order valence-corrected chi connectivity index (χ2v) is 4.38. The van der Waals surface area contributed by atoms with E-state index in [1.165, 1.54) is 19.3 Å². The van der Waals surface area contributed by atoms with Gasteiger partial charge in [-0.3, -0.25) is 0 Å². The molecular weight excluding hydrogens is 148 g/mol. The zero-order chi connectivity index (χ0) is 9.03. The number of nitrogens with one attached hydrogen (secondary N) is 1. The van der Waals surface area contributed by atoms with Crippen LogP contribution in [0.1, 0.15) is 33.1 Å². The average Bonchev–Trinajstić information content (AvgIpc) is 1.82. The summed E-state index contributed by atoms with van der Waals surface area (Å²) in [7, 11) is 0. The van der Waals surface area contributed by atoms with Crippen molar-refractivity contribution in [2.75, 3.05) is 13.1 Å². The first kappa shape index (κ1) is 9.54. The van der Waals surface area contributed by atoms with Crippen molar-refractivity contribution in [3.63, 3.8) is 0 Å². The molecule has 1 rings (SSSR count). The molecule has 0 aromatic carbocycles. The zero-order valence-electron chi connectivity index (χ0n) is 8.06. The maximum Gasteiger partial charge on any atom is 0.0841 e. The van der Waals surface area contributed by atoms with E-state index >= 15 is 0 Å². The fourth-order valence-electron chi connectivity index (χ4n) is 1.77. The van der Waals surface area contributed by atoms with Gasteiger partial charge >= 0.3 is 0 Å². The molecule has 1 aliphatic rings. The summed E-state index contributed by atoms with van der Waals surface area (Å²) < 4.78 is 0. The minimum Gasteiger partial charge on any atom is -0.304 e. The molecule has 0 radical (unpaired) electrons. The van der Waals surface area contributed by atoms with E-state index in [-0.39, 0.29) is 0 Å². The fourth-order valence-corrected chi connectivity index (χ4v) is 1.77. The normalized spacial score (nSPS) is 18.4. The second kappa shape index (κ2) is 3.91. The van der Waals surface area contributed by atoms with E-state index < -0.39 is 0 Å². The van der Waals surface area contributed by atoms with Crippen LogP contribution in [-0.2, 0) is 0 Å². The molecule has 1 saturated carbocycles. The molecule has 12 heavy (non-hydrogen) atoms. The van der Waals surface area contributed by atoms with Crippen molar-refractivity contribution in [2.45, 2.75) is 33.1 Å². The topological polar surface area (TPSA) is 35.8 Å². The summed E-state index contributed by atoms with van der Waals surface area (Å²) in [6, 6.07) is 2.10. The Bertz CT molecular complexity index is 175. The van der Waals surface area contributed by atoms with Gasteiger partial charge in [0.25, 0.3) is 0 Å². The molecule has 1 aliphatic carbocycles. The van der Waals surface area contributed by atoms with Crippen molar-refractivity contribution in [2.24, 2.45) is 11.3 Å². The molecule has 0 bridgehead atoms. The Kier molecular flexibility index (Phi) is 3.11. The molecule has 0 spiro atoms. The van der Waals surface area contributed by atoms with Crippen LogP contribution in [-0.4, -0.2) is 13.1 Å². The van der Waals surface area contributed by atoms with Crippen molar-refractivity contribution in [1.82, 2.24) is 5.32 Å². The Labute approximate surface area is 75.0 Å². The molecule has 1 N–H and O–H groups in total. The van der Waals surface area contributed by atoms with E-state index in [4.69, 9.17) is 5.26 Å². The van der Waals surface area contributed by atoms with Crippen LogP contribution >= 0.6 is 0 Å². The van der Waals surface area contributed by atoms with Crippen LogP contribution in [0.3, 0.4) is 0 Å². The lowest BCUT2D eigenvalue weighted by Crippen LogP contribution is -2.38. The molecule has 0 aromatic heterocycles. The summed E-state index contributed by atoms with van der Waals surface area (Å²) >= 11 is 0. The Balaban J connectivity index is 2.23. The molecule has 68 valence electrons. The standard InChI is InChI=1S/C10H18N2/c1-10(2,8-12-7-6-11)9-4-3-5-9/h9,12H,3-5,7-8H2,1-2H3. The lowest BCUT2D eigenvalue weighted by atomic mass is 9.67. The molecule has 2 nitrogen and oxygen atoms in total. The highest BCUT2D eigenvalue weighted by Crippen LogP contribution is 2.40. The summed E-state index contributed by atoms with van der Waals surface area (Å²) in [4.78, 5) is 0. The van der Waals surface area contributed by atoms with Gasteiger partial charge in [0.2, 0.25) is 0 Å². The van der Waals surface area contributed by atoms with E-state index in [1.54, 1.807) is 0 Å². The summed E-state index contributed by atoms with van der Waals surface area (Å²) in [6.45, 7) is 6.05. The maximum absolute atomic E-state index is 8.36. The first-order valence-corrected chi connectivity index (χ1v) is 4.74. The minimum atomic E-state index is 0.384. The maximum atomic E-state index is 8.36. The Hall–Kier alpha value is -0.550. The van der Waals surface area contributed by atoms with E-state index in [0.717, 1.165) is 12.5 Å². The molecular formula is C10H18N2. The van der Waals surface area contributed by atoms with Crippen LogP contribution in [0.5, 0.6) is 0 Å². The van der Waals surface area contributed by atoms with Crippen LogP contribution < -0.4 is 5.32 Å². The van der Waals surface area contributed by atoms with Crippen LogP contribution in [0, 0.1) is 22.7 Å².